The molecule has 0 saturated heterocycles. The van der Waals surface area contributed by atoms with Crippen molar-refractivity contribution >= 4 is 0 Å². The second-order valence-corrected chi connectivity index (χ2v) is 17.7. The van der Waals surface area contributed by atoms with Crippen LogP contribution in [0.2, 0.25) is 0 Å². The molecule has 49 heavy (non-hydrogen) atoms. The fraction of sp³-hybridized carbons (Fsp3) is 0.826. The molecular formula is C46H74O3. The highest BCUT2D eigenvalue weighted by Gasteiger charge is 2.56. The molecule has 4 saturated carbocycles. The second kappa shape index (κ2) is 17.1. The normalized spacial score (nSPS) is 38.9. The predicted octanol–water partition coefficient (Wildman–Crippen LogP) is 12.4. The standard InChI is InChI=1S/C46H74O3/c1-5-13-37-15-19-41(20-16-37)43(27-9-7-10-28-43)45(47-3)31-23-39(24-32-45)35-49-36-40-25-33-46(48-4,34-26-40)44(29-11-8-12-30-44)42-21-17-38(14-6-2)18-22-42/h23-26,31-34,37-42H,5-22,27-30,35-36H2,1-4H3. The Morgan fingerprint density at radius 2 is 0.837 bits per heavy atom. The molecule has 0 bridgehead atoms. The third kappa shape index (κ3) is 7.67. The van der Waals surface area contributed by atoms with Gasteiger partial charge in [-0.2, -0.15) is 0 Å². The summed E-state index contributed by atoms with van der Waals surface area (Å²) in [5.41, 5.74) is -0.0537. The monoisotopic (exact) mass is 675 g/mol. The van der Waals surface area contributed by atoms with Gasteiger partial charge in [0.25, 0.3) is 0 Å². The first-order valence-corrected chi connectivity index (χ1v) is 21.4. The first kappa shape index (κ1) is 37.6. The summed E-state index contributed by atoms with van der Waals surface area (Å²) in [6.45, 7) is 6.18. The zero-order chi connectivity index (χ0) is 34.2. The maximum Gasteiger partial charge on any atom is 0.110 e. The molecule has 0 aliphatic heterocycles. The van der Waals surface area contributed by atoms with E-state index < -0.39 is 0 Å². The number of rotatable bonds is 14. The minimum absolute atomic E-state index is 0.242. The molecule has 0 N–H and O–H groups in total. The van der Waals surface area contributed by atoms with Gasteiger partial charge in [0.05, 0.1) is 13.2 Å². The first-order chi connectivity index (χ1) is 24.0. The molecular weight excluding hydrogens is 601 g/mol. The van der Waals surface area contributed by atoms with E-state index in [1.54, 1.807) is 0 Å². The summed E-state index contributed by atoms with van der Waals surface area (Å²) in [5, 5.41) is 0. The van der Waals surface area contributed by atoms with Gasteiger partial charge in [0, 0.05) is 36.9 Å². The molecule has 4 fully saturated rings. The van der Waals surface area contributed by atoms with Crippen LogP contribution in [0.5, 0.6) is 0 Å². The average molecular weight is 675 g/mol. The fourth-order valence-electron chi connectivity index (χ4n) is 12.6. The molecule has 0 atom stereocenters. The van der Waals surface area contributed by atoms with Crippen LogP contribution in [0.4, 0.5) is 0 Å². The summed E-state index contributed by atoms with van der Waals surface area (Å²) in [5.74, 6) is 4.07. The molecule has 6 rings (SSSR count). The van der Waals surface area contributed by atoms with E-state index in [1.807, 2.05) is 14.2 Å². The molecule has 0 aromatic rings. The van der Waals surface area contributed by atoms with E-state index >= 15 is 0 Å². The Morgan fingerprint density at radius 3 is 1.14 bits per heavy atom. The molecule has 0 amide bonds. The van der Waals surface area contributed by atoms with E-state index in [4.69, 9.17) is 14.2 Å². The van der Waals surface area contributed by atoms with Crippen molar-refractivity contribution in [2.45, 2.75) is 166 Å². The van der Waals surface area contributed by atoms with Gasteiger partial charge in [0.2, 0.25) is 0 Å². The molecule has 276 valence electrons. The van der Waals surface area contributed by atoms with Crippen LogP contribution >= 0.6 is 0 Å². The van der Waals surface area contributed by atoms with Crippen LogP contribution in [0.3, 0.4) is 0 Å². The lowest BCUT2D eigenvalue weighted by molar-refractivity contribution is -0.109. The SMILES string of the molecule is CCCC1CCC(C2(C3(OC)C=CC(COCC4C=CC(OC)(C5(C6CCC(CCC)CC6)CCCCC5)C=C4)C=C3)CCCCC2)CC1. The molecule has 0 aromatic carbocycles. The Bertz CT molecular complexity index is 1000. The summed E-state index contributed by atoms with van der Waals surface area (Å²) in [6.07, 6.45) is 49.7. The van der Waals surface area contributed by atoms with Gasteiger partial charge in [0.1, 0.15) is 11.2 Å². The largest absolute Gasteiger partial charge is 0.380 e. The zero-order valence-corrected chi connectivity index (χ0v) is 32.3. The summed E-state index contributed by atoms with van der Waals surface area (Å²) in [6, 6.07) is 0. The number of methoxy groups -OCH3 is 2. The summed E-state index contributed by atoms with van der Waals surface area (Å²) < 4.78 is 19.7. The van der Waals surface area contributed by atoms with Gasteiger partial charge in [-0.15, -0.1) is 0 Å². The molecule has 6 aliphatic carbocycles. The molecule has 0 heterocycles. The highest BCUT2D eigenvalue weighted by atomic mass is 16.5. The topological polar surface area (TPSA) is 27.7 Å². The third-order valence-corrected chi connectivity index (χ3v) is 15.4. The predicted molar refractivity (Wildman–Crippen MR) is 206 cm³/mol. The van der Waals surface area contributed by atoms with E-state index in [1.165, 1.54) is 141 Å². The Morgan fingerprint density at radius 1 is 0.490 bits per heavy atom. The second-order valence-electron chi connectivity index (χ2n) is 17.7. The van der Waals surface area contributed by atoms with Crippen LogP contribution < -0.4 is 0 Å². The van der Waals surface area contributed by atoms with E-state index in [2.05, 4.69) is 62.5 Å². The molecule has 0 unspecified atom stereocenters. The van der Waals surface area contributed by atoms with E-state index in [-0.39, 0.29) is 22.0 Å². The highest BCUT2D eigenvalue weighted by Crippen LogP contribution is 2.59. The van der Waals surface area contributed by atoms with Gasteiger partial charge in [-0.1, -0.05) is 152 Å². The van der Waals surface area contributed by atoms with Gasteiger partial charge < -0.3 is 14.2 Å². The summed E-state index contributed by atoms with van der Waals surface area (Å²) in [7, 11) is 3.95. The fourth-order valence-corrected chi connectivity index (χ4v) is 12.6. The molecule has 0 aromatic heterocycles. The first-order valence-electron chi connectivity index (χ1n) is 21.4. The van der Waals surface area contributed by atoms with Crippen LogP contribution in [0.1, 0.15) is 155 Å². The number of hydrogen-bond donors (Lipinski definition) is 0. The van der Waals surface area contributed by atoms with Gasteiger partial charge in [0.15, 0.2) is 0 Å². The highest BCUT2D eigenvalue weighted by molar-refractivity contribution is 5.31. The van der Waals surface area contributed by atoms with Crippen molar-refractivity contribution in [1.29, 1.82) is 0 Å². The van der Waals surface area contributed by atoms with E-state index in [0.29, 0.717) is 11.8 Å². The molecule has 0 spiro atoms. The van der Waals surface area contributed by atoms with Gasteiger partial charge in [-0.3, -0.25) is 0 Å². The molecule has 3 nitrogen and oxygen atoms in total. The van der Waals surface area contributed by atoms with Gasteiger partial charge in [-0.25, -0.2) is 0 Å². The average Bonchev–Trinajstić information content (AvgIpc) is 3.17. The maximum absolute atomic E-state index is 6.60. The van der Waals surface area contributed by atoms with Crippen LogP contribution in [-0.2, 0) is 14.2 Å². The lowest BCUT2D eigenvalue weighted by Gasteiger charge is -2.56. The lowest BCUT2D eigenvalue weighted by atomic mass is 9.52. The van der Waals surface area contributed by atoms with Gasteiger partial charge >= 0.3 is 0 Å². The molecule has 3 heteroatoms. The van der Waals surface area contributed by atoms with Crippen molar-refractivity contribution < 1.29 is 14.2 Å². The van der Waals surface area contributed by atoms with E-state index in [9.17, 15) is 0 Å². The molecule has 6 aliphatic rings. The Labute approximate surface area is 302 Å². The summed E-state index contributed by atoms with van der Waals surface area (Å²) in [4.78, 5) is 0. The van der Waals surface area contributed by atoms with Crippen molar-refractivity contribution in [3.63, 3.8) is 0 Å². The summed E-state index contributed by atoms with van der Waals surface area (Å²) >= 11 is 0. The van der Waals surface area contributed by atoms with Crippen LogP contribution in [-0.4, -0.2) is 38.6 Å². The lowest BCUT2D eigenvalue weighted by Crippen LogP contribution is -2.54. The van der Waals surface area contributed by atoms with Crippen LogP contribution in [0.25, 0.3) is 0 Å². The van der Waals surface area contributed by atoms with Crippen LogP contribution in [0, 0.1) is 46.3 Å². The number of hydrogen-bond acceptors (Lipinski definition) is 3. The Balaban J connectivity index is 1.06. The van der Waals surface area contributed by atoms with Crippen molar-refractivity contribution in [2.24, 2.45) is 46.3 Å². The minimum atomic E-state index is -0.269. The smallest absolute Gasteiger partial charge is 0.110 e. The number of ether oxygens (including phenoxy) is 3. The third-order valence-electron chi connectivity index (χ3n) is 15.4. The minimum Gasteiger partial charge on any atom is -0.380 e. The molecule has 0 radical (unpaired) electrons. The van der Waals surface area contributed by atoms with Crippen LogP contribution in [0.15, 0.2) is 48.6 Å². The van der Waals surface area contributed by atoms with Crippen molar-refractivity contribution in [1.82, 2.24) is 0 Å². The van der Waals surface area contributed by atoms with Gasteiger partial charge in [-0.05, 0) is 75.0 Å². The van der Waals surface area contributed by atoms with Crippen molar-refractivity contribution in [3.8, 4) is 0 Å². The van der Waals surface area contributed by atoms with E-state index in [0.717, 1.165) is 36.9 Å². The maximum atomic E-state index is 6.60. The Kier molecular flexibility index (Phi) is 13.1. The quantitative estimate of drug-likeness (QED) is 0.172. The van der Waals surface area contributed by atoms with Crippen molar-refractivity contribution in [2.75, 3.05) is 27.4 Å². The zero-order valence-electron chi connectivity index (χ0n) is 32.3. The Hall–Kier alpha value is -1.16. The van der Waals surface area contributed by atoms with Crippen molar-refractivity contribution in [3.05, 3.63) is 48.6 Å².